The summed E-state index contributed by atoms with van der Waals surface area (Å²) in [5.74, 6) is 1.65. The lowest BCUT2D eigenvalue weighted by atomic mass is 10.1. The second-order valence-corrected chi connectivity index (χ2v) is 8.09. The second kappa shape index (κ2) is 8.49. The number of ether oxygens (including phenoxy) is 3. The van der Waals surface area contributed by atoms with Crippen LogP contribution >= 0.6 is 0 Å². The fourth-order valence-electron chi connectivity index (χ4n) is 2.96. The van der Waals surface area contributed by atoms with Gasteiger partial charge in [-0.25, -0.2) is 18.4 Å². The molecule has 160 valence electrons. The van der Waals surface area contributed by atoms with Crippen molar-refractivity contribution in [3.05, 3.63) is 36.2 Å². The van der Waals surface area contributed by atoms with Crippen LogP contribution in [-0.4, -0.2) is 51.1 Å². The lowest BCUT2D eigenvalue weighted by molar-refractivity contribution is 0.327. The largest absolute Gasteiger partial charge is 0.506 e. The van der Waals surface area contributed by atoms with Crippen LogP contribution in [0.4, 0.5) is 11.5 Å². The van der Waals surface area contributed by atoms with E-state index in [1.807, 2.05) is 0 Å². The minimum atomic E-state index is -3.53. The van der Waals surface area contributed by atoms with E-state index in [2.05, 4.69) is 20.0 Å². The Bertz CT molecular complexity index is 1180. The van der Waals surface area contributed by atoms with Crippen molar-refractivity contribution < 1.29 is 27.7 Å². The van der Waals surface area contributed by atoms with Gasteiger partial charge in [0.25, 0.3) is 0 Å². The van der Waals surface area contributed by atoms with Crippen LogP contribution < -0.4 is 24.2 Å². The number of nitrogens with zero attached hydrogens (tertiary/aromatic N) is 2. The van der Waals surface area contributed by atoms with E-state index in [4.69, 9.17) is 14.2 Å². The summed E-state index contributed by atoms with van der Waals surface area (Å²) in [6.45, 7) is 0.307. The van der Waals surface area contributed by atoms with Crippen LogP contribution in [0.3, 0.4) is 0 Å². The lowest BCUT2D eigenvalue weighted by Crippen LogP contribution is -2.10. The number of aromatic hydroxyl groups is 1. The molecule has 0 fully saturated rings. The van der Waals surface area contributed by atoms with Gasteiger partial charge in [-0.15, -0.1) is 0 Å². The molecule has 3 aromatic rings. The van der Waals surface area contributed by atoms with Gasteiger partial charge in [-0.3, -0.25) is 4.72 Å². The van der Waals surface area contributed by atoms with Gasteiger partial charge in [0.05, 0.1) is 38.7 Å². The molecular formula is C19H22N4O6S. The highest BCUT2D eigenvalue weighted by molar-refractivity contribution is 7.92. The maximum atomic E-state index is 11.5. The normalized spacial score (nSPS) is 11.2. The molecule has 1 aromatic heterocycles. The molecule has 2 aromatic carbocycles. The van der Waals surface area contributed by atoms with Crippen molar-refractivity contribution in [1.29, 1.82) is 0 Å². The molecule has 0 spiro atoms. The highest BCUT2D eigenvalue weighted by atomic mass is 32.2. The topological polar surface area (TPSA) is 132 Å². The SMILES string of the molecule is COc1cc2c(NCc3ccc(O)c(NS(C)(=O)=O)c3)ncnc2c(OC)c1OC. The van der Waals surface area contributed by atoms with Gasteiger partial charge in [0, 0.05) is 6.54 Å². The van der Waals surface area contributed by atoms with Crippen LogP contribution in [0.5, 0.6) is 23.0 Å². The third kappa shape index (κ3) is 4.40. The molecule has 3 rings (SSSR count). The van der Waals surface area contributed by atoms with Crippen LogP contribution in [0.1, 0.15) is 5.56 Å². The number of phenolic OH excluding ortho intramolecular Hbond substituents is 1. The third-order valence-corrected chi connectivity index (χ3v) is 4.84. The molecule has 0 radical (unpaired) electrons. The Kier molecular flexibility index (Phi) is 6.01. The van der Waals surface area contributed by atoms with Gasteiger partial charge >= 0.3 is 0 Å². The molecule has 0 unspecified atom stereocenters. The number of sulfonamides is 1. The van der Waals surface area contributed by atoms with Crippen LogP contribution in [-0.2, 0) is 16.6 Å². The van der Waals surface area contributed by atoms with Gasteiger partial charge in [0.15, 0.2) is 11.5 Å². The molecule has 1 heterocycles. The Morgan fingerprint density at radius 1 is 1.03 bits per heavy atom. The summed E-state index contributed by atoms with van der Waals surface area (Å²) in [7, 11) is 1.02. The highest BCUT2D eigenvalue weighted by Crippen LogP contribution is 2.43. The Labute approximate surface area is 173 Å². The van der Waals surface area contributed by atoms with E-state index in [0.29, 0.717) is 40.5 Å². The zero-order valence-electron chi connectivity index (χ0n) is 16.9. The van der Waals surface area contributed by atoms with Crippen molar-refractivity contribution in [1.82, 2.24) is 9.97 Å². The Morgan fingerprint density at radius 3 is 2.40 bits per heavy atom. The maximum absolute atomic E-state index is 11.5. The molecule has 0 amide bonds. The number of rotatable bonds is 8. The molecule has 30 heavy (non-hydrogen) atoms. The van der Waals surface area contributed by atoms with Gasteiger partial charge < -0.3 is 24.6 Å². The summed E-state index contributed by atoms with van der Waals surface area (Å²) >= 11 is 0. The first kappa shape index (κ1) is 21.2. The summed E-state index contributed by atoms with van der Waals surface area (Å²) in [5.41, 5.74) is 1.35. The number of nitrogens with one attached hydrogen (secondary N) is 2. The molecule has 10 nitrogen and oxygen atoms in total. The number of hydrogen-bond acceptors (Lipinski definition) is 9. The van der Waals surface area contributed by atoms with Crippen molar-refractivity contribution >= 4 is 32.4 Å². The molecule has 0 aliphatic heterocycles. The third-order valence-electron chi connectivity index (χ3n) is 4.25. The zero-order chi connectivity index (χ0) is 21.9. The standard InChI is InChI=1S/C19H22N4O6S/c1-27-15-8-12-16(18(29-3)17(15)28-2)21-10-22-19(12)20-9-11-5-6-14(24)13(7-11)23-30(4,25)26/h5-8,10,23-24H,9H2,1-4H3,(H,20,21,22). The second-order valence-electron chi connectivity index (χ2n) is 6.34. The first-order chi connectivity index (χ1) is 14.3. The van der Waals surface area contributed by atoms with Crippen LogP contribution in [0.25, 0.3) is 10.9 Å². The van der Waals surface area contributed by atoms with E-state index < -0.39 is 10.0 Å². The maximum Gasteiger partial charge on any atom is 0.229 e. The van der Waals surface area contributed by atoms with E-state index in [1.165, 1.54) is 39.8 Å². The van der Waals surface area contributed by atoms with Crippen molar-refractivity contribution in [2.24, 2.45) is 0 Å². The van der Waals surface area contributed by atoms with Gasteiger partial charge in [0.2, 0.25) is 15.8 Å². The number of fused-ring (bicyclic) bond motifs is 1. The van der Waals surface area contributed by atoms with E-state index in [9.17, 15) is 13.5 Å². The van der Waals surface area contributed by atoms with Gasteiger partial charge in [-0.2, -0.15) is 0 Å². The molecule has 0 bridgehead atoms. The zero-order valence-corrected chi connectivity index (χ0v) is 17.7. The minimum absolute atomic E-state index is 0.0948. The molecule has 0 saturated heterocycles. The fraction of sp³-hybridized carbons (Fsp3) is 0.263. The predicted octanol–water partition coefficient (Wildman–Crippen LogP) is 2.34. The monoisotopic (exact) mass is 434 g/mol. The smallest absolute Gasteiger partial charge is 0.229 e. The summed E-state index contributed by atoms with van der Waals surface area (Å²) in [6.07, 6.45) is 2.41. The number of hydrogen-bond donors (Lipinski definition) is 3. The number of phenols is 1. The molecule has 11 heteroatoms. The Hall–Kier alpha value is -3.47. The van der Waals surface area contributed by atoms with E-state index >= 15 is 0 Å². The molecule has 3 N–H and O–H groups in total. The van der Waals surface area contributed by atoms with Crippen LogP contribution in [0, 0.1) is 0 Å². The first-order valence-electron chi connectivity index (χ1n) is 8.74. The minimum Gasteiger partial charge on any atom is -0.506 e. The number of anilines is 2. The number of benzene rings is 2. The summed E-state index contributed by atoms with van der Waals surface area (Å²) in [4.78, 5) is 8.59. The van der Waals surface area contributed by atoms with E-state index in [-0.39, 0.29) is 11.4 Å². The summed E-state index contributed by atoms with van der Waals surface area (Å²) < 4.78 is 41.5. The molecule has 0 aliphatic rings. The average molecular weight is 434 g/mol. The Morgan fingerprint density at radius 2 is 1.77 bits per heavy atom. The van der Waals surface area contributed by atoms with Crippen molar-refractivity contribution in [3.63, 3.8) is 0 Å². The highest BCUT2D eigenvalue weighted by Gasteiger charge is 2.19. The number of aromatic nitrogens is 2. The Balaban J connectivity index is 1.96. The molecule has 0 atom stereocenters. The lowest BCUT2D eigenvalue weighted by Gasteiger charge is -2.16. The van der Waals surface area contributed by atoms with Crippen molar-refractivity contribution in [3.8, 4) is 23.0 Å². The van der Waals surface area contributed by atoms with Crippen molar-refractivity contribution in [2.75, 3.05) is 37.6 Å². The van der Waals surface area contributed by atoms with Gasteiger partial charge in [0.1, 0.15) is 23.4 Å². The fourth-order valence-corrected chi connectivity index (χ4v) is 3.53. The van der Waals surface area contributed by atoms with Gasteiger partial charge in [-0.05, 0) is 23.8 Å². The summed E-state index contributed by atoms with van der Waals surface area (Å²) in [6, 6.07) is 6.37. The molecule has 0 saturated carbocycles. The quantitative estimate of drug-likeness (QED) is 0.457. The van der Waals surface area contributed by atoms with E-state index in [1.54, 1.807) is 12.1 Å². The first-order valence-corrected chi connectivity index (χ1v) is 10.6. The van der Waals surface area contributed by atoms with Gasteiger partial charge in [-0.1, -0.05) is 6.07 Å². The van der Waals surface area contributed by atoms with Crippen LogP contribution in [0.2, 0.25) is 0 Å². The van der Waals surface area contributed by atoms with Crippen LogP contribution in [0.15, 0.2) is 30.6 Å². The molecular weight excluding hydrogens is 412 g/mol. The molecule has 0 aliphatic carbocycles. The average Bonchev–Trinajstić information content (AvgIpc) is 2.71. The number of methoxy groups -OCH3 is 3. The summed E-state index contributed by atoms with van der Waals surface area (Å²) in [5, 5.41) is 13.7. The van der Waals surface area contributed by atoms with E-state index in [0.717, 1.165) is 11.8 Å². The van der Waals surface area contributed by atoms with Crippen molar-refractivity contribution in [2.45, 2.75) is 6.54 Å². The predicted molar refractivity (Wildman–Crippen MR) is 113 cm³/mol.